The predicted molar refractivity (Wildman–Crippen MR) is 71.0 cm³/mol. The lowest BCUT2D eigenvalue weighted by molar-refractivity contribution is 0.301. The van der Waals surface area contributed by atoms with E-state index in [1.54, 1.807) is 0 Å². The molecule has 0 atom stereocenters. The molecule has 0 saturated heterocycles. The molecule has 0 radical (unpaired) electrons. The Labute approximate surface area is 103 Å². The minimum Gasteiger partial charge on any atom is -0.399 e. The van der Waals surface area contributed by atoms with E-state index in [0.717, 1.165) is 9.26 Å². The molecule has 0 amide bonds. The Morgan fingerprint density at radius 1 is 1.47 bits per heavy atom. The van der Waals surface area contributed by atoms with Crippen molar-refractivity contribution in [1.29, 1.82) is 0 Å². The minimum absolute atomic E-state index is 0.205. The van der Waals surface area contributed by atoms with Crippen molar-refractivity contribution in [1.82, 2.24) is 0 Å². The molecule has 1 aliphatic carbocycles. The Hall–Kier alpha value is -0.490. The number of rotatable bonds is 4. The van der Waals surface area contributed by atoms with Crippen molar-refractivity contribution in [3.05, 3.63) is 21.8 Å². The molecule has 1 aromatic rings. The maximum atomic E-state index is 9.05. The molecule has 0 heterocycles. The number of anilines is 2. The van der Waals surface area contributed by atoms with Crippen LogP contribution >= 0.6 is 22.6 Å². The van der Waals surface area contributed by atoms with Crippen LogP contribution in [0.3, 0.4) is 0 Å². The Balaban J connectivity index is 2.24. The Bertz CT molecular complexity index is 352. The van der Waals surface area contributed by atoms with Gasteiger partial charge in [0.25, 0.3) is 0 Å². The number of nitrogens with two attached hydrogens (primary N) is 1. The summed E-state index contributed by atoms with van der Waals surface area (Å²) in [5, 5.41) is 9.05. The first-order chi connectivity index (χ1) is 7.22. The van der Waals surface area contributed by atoms with Crippen LogP contribution in [0.2, 0.25) is 0 Å². The fourth-order valence-electron chi connectivity index (χ4n) is 1.75. The molecule has 0 unspecified atom stereocenters. The van der Waals surface area contributed by atoms with Crippen LogP contribution in [0.25, 0.3) is 0 Å². The summed E-state index contributed by atoms with van der Waals surface area (Å²) >= 11 is 2.30. The van der Waals surface area contributed by atoms with Crippen LogP contribution in [-0.2, 0) is 0 Å². The second-order valence-electron chi connectivity index (χ2n) is 3.86. The molecule has 15 heavy (non-hydrogen) atoms. The molecule has 1 aliphatic rings. The van der Waals surface area contributed by atoms with Gasteiger partial charge in [-0.25, -0.2) is 0 Å². The van der Waals surface area contributed by atoms with Crippen LogP contribution < -0.4 is 10.6 Å². The third kappa shape index (κ3) is 2.55. The summed E-state index contributed by atoms with van der Waals surface area (Å²) in [6.45, 7) is 0.918. The third-order valence-corrected chi connectivity index (χ3v) is 3.47. The zero-order valence-corrected chi connectivity index (χ0v) is 10.6. The number of hydrogen-bond donors (Lipinski definition) is 2. The lowest BCUT2D eigenvalue weighted by Gasteiger charge is -2.25. The second-order valence-corrected chi connectivity index (χ2v) is 5.02. The molecule has 1 fully saturated rings. The first kappa shape index (κ1) is 11.0. The first-order valence-electron chi connectivity index (χ1n) is 5.15. The highest BCUT2D eigenvalue weighted by molar-refractivity contribution is 14.1. The monoisotopic (exact) mass is 318 g/mol. The van der Waals surface area contributed by atoms with Gasteiger partial charge in [0.1, 0.15) is 0 Å². The number of nitrogens with zero attached hydrogens (tertiary/aromatic N) is 1. The average Bonchev–Trinajstić information content (AvgIpc) is 2.98. The Morgan fingerprint density at radius 2 is 2.20 bits per heavy atom. The molecule has 2 rings (SSSR count). The van der Waals surface area contributed by atoms with E-state index < -0.39 is 0 Å². The molecule has 0 spiro atoms. The molecule has 3 nitrogen and oxygen atoms in total. The minimum atomic E-state index is 0.205. The summed E-state index contributed by atoms with van der Waals surface area (Å²) in [5.41, 5.74) is 7.71. The van der Waals surface area contributed by atoms with Gasteiger partial charge in [-0.15, -0.1) is 0 Å². The van der Waals surface area contributed by atoms with Gasteiger partial charge in [-0.2, -0.15) is 0 Å². The van der Waals surface area contributed by atoms with Crippen LogP contribution in [0, 0.1) is 3.57 Å². The number of hydrogen-bond acceptors (Lipinski definition) is 3. The van der Waals surface area contributed by atoms with Crippen LogP contribution in [-0.4, -0.2) is 24.3 Å². The molecule has 3 N–H and O–H groups in total. The van der Waals surface area contributed by atoms with Gasteiger partial charge < -0.3 is 15.7 Å². The van der Waals surface area contributed by atoms with Crippen molar-refractivity contribution >= 4 is 34.0 Å². The molecule has 0 aromatic heterocycles. The van der Waals surface area contributed by atoms with Crippen molar-refractivity contribution in [3.63, 3.8) is 0 Å². The van der Waals surface area contributed by atoms with E-state index in [4.69, 9.17) is 10.8 Å². The third-order valence-electron chi connectivity index (χ3n) is 2.61. The van der Waals surface area contributed by atoms with Crippen LogP contribution in [0.5, 0.6) is 0 Å². The standard InChI is InChI=1S/C11H15IN2O/c12-10-7-8(13)1-4-11(10)14(5-6-15)9-2-3-9/h1,4,7,9,15H,2-3,5-6,13H2. The highest BCUT2D eigenvalue weighted by Crippen LogP contribution is 2.34. The van der Waals surface area contributed by atoms with Crippen LogP contribution in [0.15, 0.2) is 18.2 Å². The zero-order chi connectivity index (χ0) is 10.8. The predicted octanol–water partition coefficient (Wildman–Crippen LogP) is 1.83. The number of nitrogen functional groups attached to an aromatic ring is 1. The Morgan fingerprint density at radius 3 is 2.73 bits per heavy atom. The molecular weight excluding hydrogens is 303 g/mol. The van der Waals surface area contributed by atoms with Crippen molar-refractivity contribution in [2.45, 2.75) is 18.9 Å². The first-order valence-corrected chi connectivity index (χ1v) is 6.23. The van der Waals surface area contributed by atoms with E-state index in [1.165, 1.54) is 18.5 Å². The van der Waals surface area contributed by atoms with Crippen molar-refractivity contribution in [3.8, 4) is 0 Å². The van der Waals surface area contributed by atoms with Gasteiger partial charge in [-0.1, -0.05) is 0 Å². The van der Waals surface area contributed by atoms with Gasteiger partial charge in [0.2, 0.25) is 0 Å². The van der Waals surface area contributed by atoms with Gasteiger partial charge in [0.05, 0.1) is 12.3 Å². The maximum absolute atomic E-state index is 9.05. The number of aliphatic hydroxyl groups excluding tert-OH is 1. The second kappa shape index (κ2) is 4.57. The molecule has 82 valence electrons. The number of halogens is 1. The maximum Gasteiger partial charge on any atom is 0.0606 e. The van der Waals surface area contributed by atoms with Gasteiger partial charge in [0.15, 0.2) is 0 Å². The molecule has 0 aliphatic heterocycles. The highest BCUT2D eigenvalue weighted by atomic mass is 127. The summed E-state index contributed by atoms with van der Waals surface area (Å²) in [5.74, 6) is 0. The van der Waals surface area contributed by atoms with E-state index in [2.05, 4.69) is 27.5 Å². The summed E-state index contributed by atoms with van der Waals surface area (Å²) in [6.07, 6.45) is 2.47. The van der Waals surface area contributed by atoms with Gasteiger partial charge >= 0.3 is 0 Å². The lowest BCUT2D eigenvalue weighted by Crippen LogP contribution is -2.29. The number of benzene rings is 1. The highest BCUT2D eigenvalue weighted by Gasteiger charge is 2.29. The van der Waals surface area contributed by atoms with Crippen molar-refractivity contribution in [2.24, 2.45) is 0 Å². The van der Waals surface area contributed by atoms with Gasteiger partial charge in [-0.3, -0.25) is 0 Å². The summed E-state index contributed by atoms with van der Waals surface area (Å²) in [7, 11) is 0. The largest absolute Gasteiger partial charge is 0.399 e. The van der Waals surface area contributed by atoms with E-state index in [0.29, 0.717) is 12.6 Å². The fourth-order valence-corrected chi connectivity index (χ4v) is 2.60. The summed E-state index contributed by atoms with van der Waals surface area (Å²) < 4.78 is 1.16. The van der Waals surface area contributed by atoms with E-state index in [9.17, 15) is 0 Å². The van der Waals surface area contributed by atoms with Crippen LogP contribution in [0.1, 0.15) is 12.8 Å². The zero-order valence-electron chi connectivity index (χ0n) is 8.49. The summed E-state index contributed by atoms with van der Waals surface area (Å²) in [6, 6.07) is 6.56. The SMILES string of the molecule is Nc1ccc(N(CCO)C2CC2)c(I)c1. The quantitative estimate of drug-likeness (QED) is 0.658. The van der Waals surface area contributed by atoms with Gasteiger partial charge in [-0.05, 0) is 53.6 Å². The van der Waals surface area contributed by atoms with Crippen molar-refractivity contribution in [2.75, 3.05) is 23.8 Å². The van der Waals surface area contributed by atoms with E-state index in [1.807, 2.05) is 18.2 Å². The molecule has 1 saturated carbocycles. The molecule has 0 bridgehead atoms. The topological polar surface area (TPSA) is 49.5 Å². The lowest BCUT2D eigenvalue weighted by atomic mass is 10.2. The van der Waals surface area contributed by atoms with Gasteiger partial charge in [0, 0.05) is 21.8 Å². The van der Waals surface area contributed by atoms with E-state index in [-0.39, 0.29) is 6.61 Å². The van der Waals surface area contributed by atoms with Crippen molar-refractivity contribution < 1.29 is 5.11 Å². The Kier molecular flexibility index (Phi) is 3.35. The molecule has 1 aromatic carbocycles. The molecule has 4 heteroatoms. The molecular formula is C11H15IN2O. The normalized spacial score (nSPS) is 15.3. The summed E-state index contributed by atoms with van der Waals surface area (Å²) in [4.78, 5) is 2.28. The number of aliphatic hydroxyl groups is 1. The van der Waals surface area contributed by atoms with E-state index >= 15 is 0 Å². The average molecular weight is 318 g/mol. The smallest absolute Gasteiger partial charge is 0.0606 e. The van der Waals surface area contributed by atoms with Crippen LogP contribution in [0.4, 0.5) is 11.4 Å². The fraction of sp³-hybridized carbons (Fsp3) is 0.455.